The van der Waals surface area contributed by atoms with Crippen LogP contribution in [0, 0.1) is 6.92 Å². The van der Waals surface area contributed by atoms with E-state index in [0.29, 0.717) is 16.7 Å². The zero-order valence-electron chi connectivity index (χ0n) is 8.24. The second-order valence-corrected chi connectivity index (χ2v) is 3.75. The van der Waals surface area contributed by atoms with Crippen molar-refractivity contribution in [1.29, 1.82) is 0 Å². The summed E-state index contributed by atoms with van der Waals surface area (Å²) in [5.41, 5.74) is 13.1. The number of aromatic nitrogens is 2. The van der Waals surface area contributed by atoms with Gasteiger partial charge in [0.05, 0.1) is 5.69 Å². The molecule has 2 rings (SSSR count). The van der Waals surface area contributed by atoms with Crippen LogP contribution in [-0.4, -0.2) is 9.78 Å². The number of anilines is 2. The Hall–Kier alpha value is -1.68. The summed E-state index contributed by atoms with van der Waals surface area (Å²) in [4.78, 5) is 0. The molecular formula is C10H11ClN4. The van der Waals surface area contributed by atoms with Gasteiger partial charge in [-0.2, -0.15) is 0 Å². The lowest BCUT2D eigenvalue weighted by Crippen LogP contribution is -2.02. The van der Waals surface area contributed by atoms with Crippen LogP contribution in [0.1, 0.15) is 5.56 Å². The standard InChI is InChI=1S/C10H11ClN4/c1-6-2-3-7(4-8(6)11)15-10(13)5-9(12)14-15/h2-5H,13H2,1H3,(H2,12,14). The molecule has 15 heavy (non-hydrogen) atoms. The molecule has 4 N–H and O–H groups in total. The third-order valence-corrected chi connectivity index (χ3v) is 2.56. The van der Waals surface area contributed by atoms with Crippen molar-refractivity contribution in [3.8, 4) is 5.69 Å². The molecule has 2 aromatic rings. The van der Waals surface area contributed by atoms with Gasteiger partial charge in [0, 0.05) is 11.1 Å². The lowest BCUT2D eigenvalue weighted by atomic mass is 10.2. The molecule has 0 saturated heterocycles. The summed E-state index contributed by atoms with van der Waals surface area (Å²) in [6, 6.07) is 7.21. The van der Waals surface area contributed by atoms with Gasteiger partial charge in [-0.3, -0.25) is 0 Å². The van der Waals surface area contributed by atoms with Gasteiger partial charge < -0.3 is 11.5 Å². The van der Waals surface area contributed by atoms with Crippen molar-refractivity contribution in [2.24, 2.45) is 0 Å². The quantitative estimate of drug-likeness (QED) is 0.775. The van der Waals surface area contributed by atoms with Crippen molar-refractivity contribution in [2.75, 3.05) is 11.5 Å². The number of nitrogens with zero attached hydrogens (tertiary/aromatic N) is 2. The molecule has 0 aliphatic heterocycles. The highest BCUT2D eigenvalue weighted by Gasteiger charge is 2.05. The Balaban J connectivity index is 2.54. The van der Waals surface area contributed by atoms with E-state index in [9.17, 15) is 0 Å². The van der Waals surface area contributed by atoms with E-state index in [1.807, 2.05) is 19.1 Å². The Kier molecular flexibility index (Phi) is 2.28. The molecule has 0 spiro atoms. The molecule has 0 radical (unpaired) electrons. The fraction of sp³-hybridized carbons (Fsp3) is 0.100. The minimum atomic E-state index is 0.393. The molecule has 0 amide bonds. The summed E-state index contributed by atoms with van der Waals surface area (Å²) in [7, 11) is 0. The van der Waals surface area contributed by atoms with Crippen LogP contribution >= 0.6 is 11.6 Å². The van der Waals surface area contributed by atoms with Crippen molar-refractivity contribution in [3.63, 3.8) is 0 Å². The van der Waals surface area contributed by atoms with Crippen LogP contribution in [0.4, 0.5) is 11.6 Å². The number of benzene rings is 1. The third-order valence-electron chi connectivity index (χ3n) is 2.16. The Morgan fingerprint density at radius 2 is 2.00 bits per heavy atom. The Morgan fingerprint density at radius 3 is 2.53 bits per heavy atom. The van der Waals surface area contributed by atoms with Gasteiger partial charge in [0.1, 0.15) is 11.6 Å². The van der Waals surface area contributed by atoms with Gasteiger partial charge in [-0.25, -0.2) is 4.68 Å². The average Bonchev–Trinajstić information content (AvgIpc) is 2.50. The minimum Gasteiger partial charge on any atom is -0.384 e. The fourth-order valence-corrected chi connectivity index (χ4v) is 1.51. The molecule has 0 aliphatic carbocycles. The second-order valence-electron chi connectivity index (χ2n) is 3.34. The number of rotatable bonds is 1. The van der Waals surface area contributed by atoms with Crippen LogP contribution in [0.3, 0.4) is 0 Å². The third kappa shape index (κ3) is 1.76. The molecule has 1 heterocycles. The summed E-state index contributed by atoms with van der Waals surface area (Å²) in [5.74, 6) is 0.886. The predicted octanol–water partition coefficient (Wildman–Crippen LogP) is 2.00. The van der Waals surface area contributed by atoms with Crippen LogP contribution in [-0.2, 0) is 0 Å². The number of halogens is 1. The normalized spacial score (nSPS) is 10.5. The highest BCUT2D eigenvalue weighted by Crippen LogP contribution is 2.21. The van der Waals surface area contributed by atoms with Crippen molar-refractivity contribution >= 4 is 23.2 Å². The Labute approximate surface area is 92.4 Å². The zero-order valence-corrected chi connectivity index (χ0v) is 8.99. The maximum atomic E-state index is 6.01. The molecule has 78 valence electrons. The highest BCUT2D eigenvalue weighted by atomic mass is 35.5. The molecular weight excluding hydrogens is 212 g/mol. The first-order valence-corrected chi connectivity index (χ1v) is 4.83. The maximum absolute atomic E-state index is 6.01. The van der Waals surface area contributed by atoms with E-state index in [-0.39, 0.29) is 0 Å². The van der Waals surface area contributed by atoms with E-state index in [0.717, 1.165) is 11.3 Å². The fourth-order valence-electron chi connectivity index (χ4n) is 1.34. The first-order chi connectivity index (χ1) is 7.08. The SMILES string of the molecule is Cc1ccc(-n2nc(N)cc2N)cc1Cl. The molecule has 0 unspecified atom stereocenters. The second kappa shape index (κ2) is 3.47. The number of hydrogen-bond acceptors (Lipinski definition) is 3. The van der Waals surface area contributed by atoms with Crippen LogP contribution in [0.15, 0.2) is 24.3 Å². The van der Waals surface area contributed by atoms with E-state index in [1.165, 1.54) is 0 Å². The van der Waals surface area contributed by atoms with E-state index < -0.39 is 0 Å². The molecule has 5 heteroatoms. The smallest absolute Gasteiger partial charge is 0.148 e. The maximum Gasteiger partial charge on any atom is 0.148 e. The molecule has 4 nitrogen and oxygen atoms in total. The number of aryl methyl sites for hydroxylation is 1. The highest BCUT2D eigenvalue weighted by molar-refractivity contribution is 6.31. The van der Waals surface area contributed by atoms with E-state index >= 15 is 0 Å². The average molecular weight is 223 g/mol. The van der Waals surface area contributed by atoms with Crippen LogP contribution < -0.4 is 11.5 Å². The summed E-state index contributed by atoms with van der Waals surface area (Å²) in [5, 5.41) is 4.74. The molecule has 0 fully saturated rings. The molecule has 0 aliphatic rings. The summed E-state index contributed by atoms with van der Waals surface area (Å²) < 4.78 is 1.56. The summed E-state index contributed by atoms with van der Waals surface area (Å²) in [6.07, 6.45) is 0. The van der Waals surface area contributed by atoms with Gasteiger partial charge in [0.2, 0.25) is 0 Å². The van der Waals surface area contributed by atoms with Crippen molar-refractivity contribution < 1.29 is 0 Å². The number of nitrogens with two attached hydrogens (primary N) is 2. The van der Waals surface area contributed by atoms with Crippen molar-refractivity contribution in [1.82, 2.24) is 9.78 Å². The number of hydrogen-bond donors (Lipinski definition) is 2. The molecule has 0 saturated carbocycles. The van der Waals surface area contributed by atoms with Crippen LogP contribution in [0.2, 0.25) is 5.02 Å². The van der Waals surface area contributed by atoms with Gasteiger partial charge >= 0.3 is 0 Å². The van der Waals surface area contributed by atoms with Gasteiger partial charge in [-0.15, -0.1) is 5.10 Å². The van der Waals surface area contributed by atoms with E-state index in [1.54, 1.807) is 16.8 Å². The molecule has 0 atom stereocenters. The van der Waals surface area contributed by atoms with Gasteiger partial charge in [-0.05, 0) is 24.6 Å². The monoisotopic (exact) mass is 222 g/mol. The number of nitrogen functional groups attached to an aromatic ring is 2. The Morgan fingerprint density at radius 1 is 1.27 bits per heavy atom. The first kappa shape index (κ1) is 9.86. The molecule has 1 aromatic heterocycles. The minimum absolute atomic E-state index is 0.393. The van der Waals surface area contributed by atoms with E-state index in [4.69, 9.17) is 23.1 Å². The lowest BCUT2D eigenvalue weighted by Gasteiger charge is -2.05. The van der Waals surface area contributed by atoms with Crippen molar-refractivity contribution in [2.45, 2.75) is 6.92 Å². The van der Waals surface area contributed by atoms with E-state index in [2.05, 4.69) is 5.10 Å². The topological polar surface area (TPSA) is 69.9 Å². The lowest BCUT2D eigenvalue weighted by molar-refractivity contribution is 0.896. The zero-order chi connectivity index (χ0) is 11.0. The van der Waals surface area contributed by atoms with Crippen LogP contribution in [0.5, 0.6) is 0 Å². The first-order valence-electron chi connectivity index (χ1n) is 4.45. The van der Waals surface area contributed by atoms with Gasteiger partial charge in [0.25, 0.3) is 0 Å². The largest absolute Gasteiger partial charge is 0.384 e. The summed E-state index contributed by atoms with van der Waals surface area (Å²) in [6.45, 7) is 1.94. The molecule has 1 aromatic carbocycles. The van der Waals surface area contributed by atoms with Gasteiger partial charge in [-0.1, -0.05) is 17.7 Å². The Bertz CT molecular complexity index is 504. The van der Waals surface area contributed by atoms with Gasteiger partial charge in [0.15, 0.2) is 0 Å². The van der Waals surface area contributed by atoms with Crippen LogP contribution in [0.25, 0.3) is 5.69 Å². The summed E-state index contributed by atoms with van der Waals surface area (Å²) >= 11 is 6.01. The van der Waals surface area contributed by atoms with Crippen molar-refractivity contribution in [3.05, 3.63) is 34.9 Å². The predicted molar refractivity (Wildman–Crippen MR) is 62.1 cm³/mol. The molecule has 0 bridgehead atoms.